The Kier molecular flexibility index (Phi) is 5.30. The zero-order valence-electron chi connectivity index (χ0n) is 17.8. The Hall–Kier alpha value is -2.47. The normalized spacial score (nSPS) is 27.8. The van der Waals surface area contributed by atoms with Gasteiger partial charge in [-0.3, -0.25) is 14.0 Å². The van der Waals surface area contributed by atoms with Gasteiger partial charge in [-0.05, 0) is 69.8 Å². The van der Waals surface area contributed by atoms with Crippen LogP contribution in [0.4, 0.5) is 9.39 Å². The lowest BCUT2D eigenvalue weighted by atomic mass is 9.75. The van der Waals surface area contributed by atoms with Crippen LogP contribution in [0.5, 0.6) is 0 Å². The molecule has 1 atom stereocenters. The minimum Gasteiger partial charge on any atom is -0.328 e. The molecular formula is C24H27FN2O2S. The van der Waals surface area contributed by atoms with Crippen molar-refractivity contribution >= 4 is 22.3 Å². The summed E-state index contributed by atoms with van der Waals surface area (Å²) in [5.74, 6) is -0.248. The highest BCUT2D eigenvalue weighted by molar-refractivity contribution is 7.10. The zero-order valence-corrected chi connectivity index (χ0v) is 18.7. The Morgan fingerprint density at radius 3 is 2.67 bits per heavy atom. The Morgan fingerprint density at radius 2 is 2.07 bits per heavy atom. The molecule has 6 heteroatoms. The van der Waals surface area contributed by atoms with E-state index < -0.39 is 0 Å². The third-order valence-corrected chi connectivity index (χ3v) is 7.41. The standard InChI is InChI=1S/C24H27FN2O2S/c1-5-20-18(12-14(2)15(3)24(4)10-8-16(25)9-11-24)21(28)13-19-22(29)26-30-23(19)27(20)17-6-7-17/h5,8-10,12,17H,6-7,11,13H2,1-4H3,(H,26,29)/b15-14+,18-12+,20-5+. The Balaban J connectivity index is 1.79. The molecule has 158 valence electrons. The first kappa shape index (κ1) is 20.8. The molecule has 30 heavy (non-hydrogen) atoms. The number of aromatic amines is 1. The summed E-state index contributed by atoms with van der Waals surface area (Å²) < 4.78 is 16.3. The number of rotatable bonds is 3. The lowest BCUT2D eigenvalue weighted by Gasteiger charge is -2.30. The number of anilines is 1. The first-order chi connectivity index (χ1) is 14.2. The number of H-pyrrole nitrogens is 1. The van der Waals surface area contributed by atoms with Crippen molar-refractivity contribution in [3.05, 3.63) is 74.5 Å². The number of carbonyl (C=O) groups is 1. The van der Waals surface area contributed by atoms with Crippen LogP contribution >= 0.6 is 11.5 Å². The number of fused-ring (bicyclic) bond motifs is 1. The number of nitrogens with zero attached hydrogens (tertiary/aromatic N) is 1. The summed E-state index contributed by atoms with van der Waals surface area (Å²) in [6.07, 6.45) is 11.8. The summed E-state index contributed by atoms with van der Waals surface area (Å²) in [6.45, 7) is 8.08. The fourth-order valence-electron chi connectivity index (χ4n) is 4.21. The van der Waals surface area contributed by atoms with Gasteiger partial charge in [0.1, 0.15) is 10.8 Å². The SMILES string of the molecule is C\C=C1/C(=C\C(C)=C(/C)C2(C)C=CC(F)=CC2)C(=O)Cc2c(s[nH]c2=O)N1C1CC1. The number of halogens is 1. The third-order valence-electron chi connectivity index (χ3n) is 6.49. The number of Topliss-reactive ketones (excluding diaryl/α,β-unsaturated/α-hetero) is 1. The molecule has 3 aliphatic rings. The molecule has 4 rings (SSSR count). The minimum atomic E-state index is -0.285. The lowest BCUT2D eigenvalue weighted by molar-refractivity contribution is -0.114. The number of aromatic nitrogens is 1. The van der Waals surface area contributed by atoms with Crippen molar-refractivity contribution in [2.75, 3.05) is 4.90 Å². The highest BCUT2D eigenvalue weighted by Gasteiger charge is 2.39. The van der Waals surface area contributed by atoms with Crippen LogP contribution in [0.25, 0.3) is 0 Å². The fraction of sp³-hybridized carbons (Fsp3) is 0.417. The molecule has 2 aliphatic carbocycles. The summed E-state index contributed by atoms with van der Waals surface area (Å²) in [6, 6.07) is 0.327. The second kappa shape index (κ2) is 7.65. The van der Waals surface area contributed by atoms with E-state index in [1.165, 1.54) is 17.6 Å². The molecule has 0 radical (unpaired) electrons. The molecule has 0 aromatic carbocycles. The predicted octanol–water partition coefficient (Wildman–Crippen LogP) is 5.52. The van der Waals surface area contributed by atoms with E-state index >= 15 is 0 Å². The number of allylic oxidation sites excluding steroid dienone is 9. The number of carbonyl (C=O) groups excluding carboxylic acids is 1. The van der Waals surface area contributed by atoms with Gasteiger partial charge in [-0.15, -0.1) is 0 Å². The van der Waals surface area contributed by atoms with Crippen LogP contribution < -0.4 is 10.5 Å². The van der Waals surface area contributed by atoms with Crippen LogP contribution in [-0.4, -0.2) is 16.2 Å². The second-order valence-electron chi connectivity index (χ2n) is 8.60. The monoisotopic (exact) mass is 426 g/mol. The molecular weight excluding hydrogens is 399 g/mol. The number of nitrogens with one attached hydrogen (secondary N) is 1. The third kappa shape index (κ3) is 3.58. The number of hydrogen-bond acceptors (Lipinski definition) is 4. The minimum absolute atomic E-state index is 0.0428. The highest BCUT2D eigenvalue weighted by Crippen LogP contribution is 2.43. The predicted molar refractivity (Wildman–Crippen MR) is 120 cm³/mol. The Bertz CT molecular complexity index is 1110. The van der Waals surface area contributed by atoms with E-state index in [1.54, 1.807) is 6.08 Å². The fourth-order valence-corrected chi connectivity index (χ4v) is 5.16. The van der Waals surface area contributed by atoms with Crippen molar-refractivity contribution in [2.45, 2.75) is 59.4 Å². The van der Waals surface area contributed by atoms with Crippen molar-refractivity contribution in [1.82, 2.24) is 4.37 Å². The molecule has 0 amide bonds. The maximum atomic E-state index is 13.5. The molecule has 1 fully saturated rings. The van der Waals surface area contributed by atoms with E-state index in [9.17, 15) is 14.0 Å². The largest absolute Gasteiger partial charge is 0.328 e. The average molecular weight is 427 g/mol. The molecule has 1 aromatic heterocycles. The quantitative estimate of drug-likeness (QED) is 0.648. The van der Waals surface area contributed by atoms with Gasteiger partial charge >= 0.3 is 0 Å². The van der Waals surface area contributed by atoms with Crippen molar-refractivity contribution in [2.24, 2.45) is 5.41 Å². The molecule has 1 saturated carbocycles. The average Bonchev–Trinajstić information content (AvgIpc) is 3.51. The van der Waals surface area contributed by atoms with Crippen LogP contribution in [0.15, 0.2) is 63.4 Å². The first-order valence-corrected chi connectivity index (χ1v) is 11.2. The molecule has 1 unspecified atom stereocenters. The van der Waals surface area contributed by atoms with Gasteiger partial charge in [-0.25, -0.2) is 4.39 Å². The van der Waals surface area contributed by atoms with Crippen molar-refractivity contribution < 1.29 is 9.18 Å². The van der Waals surface area contributed by atoms with Crippen molar-refractivity contribution in [3.8, 4) is 0 Å². The number of hydrogen-bond donors (Lipinski definition) is 1. The van der Waals surface area contributed by atoms with Crippen LogP contribution in [-0.2, 0) is 11.2 Å². The summed E-state index contributed by atoms with van der Waals surface area (Å²) in [4.78, 5) is 27.8. The van der Waals surface area contributed by atoms with E-state index in [2.05, 4.69) is 16.2 Å². The van der Waals surface area contributed by atoms with Gasteiger partial charge in [-0.2, -0.15) is 0 Å². The molecule has 1 aromatic rings. The molecule has 0 bridgehead atoms. The van der Waals surface area contributed by atoms with Crippen LogP contribution in [0.1, 0.15) is 52.5 Å². The second-order valence-corrected chi connectivity index (χ2v) is 9.40. The van der Waals surface area contributed by atoms with Gasteiger partial charge in [0.2, 0.25) is 0 Å². The van der Waals surface area contributed by atoms with E-state index in [4.69, 9.17) is 0 Å². The lowest BCUT2D eigenvalue weighted by Crippen LogP contribution is -2.26. The van der Waals surface area contributed by atoms with E-state index in [-0.39, 0.29) is 29.0 Å². The van der Waals surface area contributed by atoms with E-state index in [0.717, 1.165) is 34.7 Å². The van der Waals surface area contributed by atoms with Gasteiger partial charge in [0, 0.05) is 29.1 Å². The summed E-state index contributed by atoms with van der Waals surface area (Å²) >= 11 is 1.32. The molecule has 1 aliphatic heterocycles. The number of ketones is 1. The molecule has 4 nitrogen and oxygen atoms in total. The molecule has 1 N–H and O–H groups in total. The van der Waals surface area contributed by atoms with Gasteiger partial charge in [0.05, 0.1) is 5.56 Å². The summed E-state index contributed by atoms with van der Waals surface area (Å²) in [7, 11) is 0. The maximum absolute atomic E-state index is 13.5. The molecule has 0 saturated heterocycles. The zero-order chi connectivity index (χ0) is 21.6. The van der Waals surface area contributed by atoms with Gasteiger partial charge in [0.15, 0.2) is 5.78 Å². The summed E-state index contributed by atoms with van der Waals surface area (Å²) in [5, 5.41) is 0.869. The van der Waals surface area contributed by atoms with Crippen molar-refractivity contribution in [3.63, 3.8) is 0 Å². The van der Waals surface area contributed by atoms with E-state index in [0.29, 0.717) is 23.6 Å². The van der Waals surface area contributed by atoms with Gasteiger partial charge < -0.3 is 4.90 Å². The van der Waals surface area contributed by atoms with Crippen LogP contribution in [0.3, 0.4) is 0 Å². The van der Waals surface area contributed by atoms with E-state index in [1.807, 2.05) is 39.0 Å². The maximum Gasteiger partial charge on any atom is 0.263 e. The van der Waals surface area contributed by atoms with Crippen LogP contribution in [0, 0.1) is 5.41 Å². The Labute approximate surface area is 180 Å². The van der Waals surface area contributed by atoms with Gasteiger partial charge in [-0.1, -0.05) is 30.2 Å². The summed E-state index contributed by atoms with van der Waals surface area (Å²) in [5.41, 5.74) is 3.74. The van der Waals surface area contributed by atoms with Gasteiger partial charge in [0.25, 0.3) is 5.56 Å². The topological polar surface area (TPSA) is 53.2 Å². The van der Waals surface area contributed by atoms with Crippen LogP contribution in [0.2, 0.25) is 0 Å². The first-order valence-electron chi connectivity index (χ1n) is 10.4. The highest BCUT2D eigenvalue weighted by atomic mass is 32.1. The molecule has 2 heterocycles. The Morgan fingerprint density at radius 1 is 1.33 bits per heavy atom. The molecule has 0 spiro atoms. The van der Waals surface area contributed by atoms with Crippen molar-refractivity contribution in [1.29, 1.82) is 0 Å². The smallest absolute Gasteiger partial charge is 0.263 e.